The number of benzene rings is 2. The first kappa shape index (κ1) is 17.0. The molecule has 2 aromatic rings. The smallest absolute Gasteiger partial charge is 0.231 e. The molecule has 0 N–H and O–H groups in total. The number of Topliss-reactive ketones (excluding diaryl/α,β-unsaturated/α-hetero) is 1. The molecule has 0 spiro atoms. The molecule has 0 atom stereocenters. The molecule has 0 bridgehead atoms. The fourth-order valence-electron chi connectivity index (χ4n) is 3.33. The number of fused-ring (bicyclic) bond motifs is 1. The van der Waals surface area contributed by atoms with Crippen LogP contribution in [0.4, 0.5) is 4.39 Å². The van der Waals surface area contributed by atoms with Gasteiger partial charge in [0.25, 0.3) is 0 Å². The molecule has 0 saturated carbocycles. The fraction of sp³-hybridized carbons (Fsp3) is 0.350. The maximum Gasteiger partial charge on any atom is 0.231 e. The Kier molecular flexibility index (Phi) is 4.86. The standard InChI is InChI=1S/C20H21FN2O3/c21-17-4-2-16(3-5-17)18(24)13-23-9-7-22(8-10-23)12-15-1-6-19-20(11-15)26-14-25-19/h1-6,11H,7-10,12-14H2. The number of hydrogen-bond donors (Lipinski definition) is 0. The Morgan fingerprint density at radius 3 is 2.38 bits per heavy atom. The van der Waals surface area contributed by atoms with Crippen LogP contribution in [0.25, 0.3) is 0 Å². The Morgan fingerprint density at radius 1 is 0.923 bits per heavy atom. The van der Waals surface area contributed by atoms with Crippen molar-refractivity contribution in [1.82, 2.24) is 9.80 Å². The first-order valence-corrected chi connectivity index (χ1v) is 8.79. The minimum absolute atomic E-state index is 0.0363. The summed E-state index contributed by atoms with van der Waals surface area (Å²) in [7, 11) is 0. The molecule has 2 aromatic carbocycles. The van der Waals surface area contributed by atoms with Crippen LogP contribution in [-0.4, -0.2) is 55.1 Å². The average Bonchev–Trinajstić information content (AvgIpc) is 3.12. The number of carbonyl (C=O) groups excluding carboxylic acids is 1. The Bertz CT molecular complexity index is 786. The number of rotatable bonds is 5. The highest BCUT2D eigenvalue weighted by Crippen LogP contribution is 2.32. The van der Waals surface area contributed by atoms with Gasteiger partial charge in [0, 0.05) is 38.3 Å². The third kappa shape index (κ3) is 3.86. The maximum atomic E-state index is 13.0. The van der Waals surface area contributed by atoms with Crippen LogP contribution in [0, 0.1) is 5.82 Å². The number of piperazine rings is 1. The number of carbonyl (C=O) groups is 1. The second kappa shape index (κ2) is 7.43. The van der Waals surface area contributed by atoms with Crippen LogP contribution in [0.15, 0.2) is 42.5 Å². The van der Waals surface area contributed by atoms with Gasteiger partial charge < -0.3 is 9.47 Å². The lowest BCUT2D eigenvalue weighted by Gasteiger charge is -2.34. The first-order chi connectivity index (χ1) is 12.7. The molecule has 1 saturated heterocycles. The predicted molar refractivity (Wildman–Crippen MR) is 95.0 cm³/mol. The van der Waals surface area contributed by atoms with Gasteiger partial charge in [0.05, 0.1) is 6.54 Å². The van der Waals surface area contributed by atoms with Crippen molar-refractivity contribution >= 4 is 5.78 Å². The first-order valence-electron chi connectivity index (χ1n) is 8.79. The quantitative estimate of drug-likeness (QED) is 0.771. The van der Waals surface area contributed by atoms with Crippen LogP contribution in [0.3, 0.4) is 0 Å². The summed E-state index contributed by atoms with van der Waals surface area (Å²) < 4.78 is 23.7. The number of ether oxygens (including phenoxy) is 2. The van der Waals surface area contributed by atoms with Gasteiger partial charge in [0.1, 0.15) is 5.82 Å². The van der Waals surface area contributed by atoms with Crippen molar-refractivity contribution in [3.05, 3.63) is 59.4 Å². The summed E-state index contributed by atoms with van der Waals surface area (Å²) in [5, 5.41) is 0. The normalized spacial score (nSPS) is 17.4. The largest absolute Gasteiger partial charge is 0.454 e. The molecule has 2 aliphatic heterocycles. The van der Waals surface area contributed by atoms with Crippen molar-refractivity contribution in [2.75, 3.05) is 39.5 Å². The topological polar surface area (TPSA) is 42.0 Å². The molecule has 0 amide bonds. The van der Waals surface area contributed by atoms with Crippen LogP contribution in [0.2, 0.25) is 0 Å². The molecule has 1 fully saturated rings. The Hall–Kier alpha value is -2.44. The van der Waals surface area contributed by atoms with E-state index in [4.69, 9.17) is 9.47 Å². The second-order valence-corrected chi connectivity index (χ2v) is 6.67. The van der Waals surface area contributed by atoms with Crippen molar-refractivity contribution in [3.8, 4) is 11.5 Å². The van der Waals surface area contributed by atoms with E-state index in [1.165, 1.54) is 17.7 Å². The summed E-state index contributed by atoms with van der Waals surface area (Å²) >= 11 is 0. The van der Waals surface area contributed by atoms with Crippen molar-refractivity contribution < 1.29 is 18.7 Å². The molecule has 136 valence electrons. The van der Waals surface area contributed by atoms with Crippen molar-refractivity contribution in [1.29, 1.82) is 0 Å². The van der Waals surface area contributed by atoms with Crippen molar-refractivity contribution in [2.45, 2.75) is 6.54 Å². The lowest BCUT2D eigenvalue weighted by atomic mass is 10.1. The van der Waals surface area contributed by atoms with Gasteiger partial charge in [-0.3, -0.25) is 14.6 Å². The summed E-state index contributed by atoms with van der Waals surface area (Å²) in [6, 6.07) is 11.8. The lowest BCUT2D eigenvalue weighted by molar-refractivity contribution is 0.0843. The zero-order valence-electron chi connectivity index (χ0n) is 14.5. The molecular weight excluding hydrogens is 335 g/mol. The Morgan fingerprint density at radius 2 is 1.62 bits per heavy atom. The third-order valence-electron chi connectivity index (χ3n) is 4.84. The molecule has 2 aliphatic rings. The van der Waals surface area contributed by atoms with Gasteiger partial charge in [-0.25, -0.2) is 4.39 Å². The molecule has 5 nitrogen and oxygen atoms in total. The molecular formula is C20H21FN2O3. The van der Waals surface area contributed by atoms with Crippen LogP contribution >= 0.6 is 0 Å². The zero-order valence-corrected chi connectivity index (χ0v) is 14.5. The molecule has 6 heteroatoms. The van der Waals surface area contributed by atoms with Crippen LogP contribution in [-0.2, 0) is 6.54 Å². The van der Waals surface area contributed by atoms with Gasteiger partial charge in [-0.15, -0.1) is 0 Å². The van der Waals surface area contributed by atoms with E-state index in [-0.39, 0.29) is 11.6 Å². The molecule has 0 unspecified atom stereocenters. The molecule has 0 aliphatic carbocycles. The fourth-order valence-corrected chi connectivity index (χ4v) is 3.33. The third-order valence-corrected chi connectivity index (χ3v) is 4.84. The number of hydrogen-bond acceptors (Lipinski definition) is 5. The van der Waals surface area contributed by atoms with Crippen molar-refractivity contribution in [3.63, 3.8) is 0 Å². The van der Waals surface area contributed by atoms with Crippen LogP contribution in [0.5, 0.6) is 11.5 Å². The monoisotopic (exact) mass is 356 g/mol. The highest BCUT2D eigenvalue weighted by molar-refractivity contribution is 5.97. The minimum atomic E-state index is -0.321. The van der Waals surface area contributed by atoms with E-state index in [1.807, 2.05) is 12.1 Å². The molecule has 2 heterocycles. The lowest BCUT2D eigenvalue weighted by Crippen LogP contribution is -2.47. The van der Waals surface area contributed by atoms with E-state index in [1.54, 1.807) is 12.1 Å². The van der Waals surface area contributed by atoms with Gasteiger partial charge >= 0.3 is 0 Å². The van der Waals surface area contributed by atoms with E-state index in [0.29, 0.717) is 18.9 Å². The molecule has 0 aromatic heterocycles. The van der Waals surface area contributed by atoms with E-state index in [9.17, 15) is 9.18 Å². The number of halogens is 1. The summed E-state index contributed by atoms with van der Waals surface area (Å²) in [5.41, 5.74) is 1.76. The summed E-state index contributed by atoms with van der Waals surface area (Å²) in [4.78, 5) is 16.8. The Balaban J connectivity index is 1.27. The Labute approximate surface area is 151 Å². The second-order valence-electron chi connectivity index (χ2n) is 6.67. The SMILES string of the molecule is O=C(CN1CCN(Cc2ccc3c(c2)OCO3)CC1)c1ccc(F)cc1. The van der Waals surface area contributed by atoms with E-state index >= 15 is 0 Å². The van der Waals surface area contributed by atoms with E-state index in [2.05, 4.69) is 15.9 Å². The van der Waals surface area contributed by atoms with Crippen LogP contribution < -0.4 is 9.47 Å². The van der Waals surface area contributed by atoms with Gasteiger partial charge in [0.15, 0.2) is 17.3 Å². The average molecular weight is 356 g/mol. The zero-order chi connectivity index (χ0) is 17.9. The van der Waals surface area contributed by atoms with Crippen LogP contribution in [0.1, 0.15) is 15.9 Å². The summed E-state index contributed by atoms with van der Waals surface area (Å²) in [5.74, 6) is 1.33. The molecule has 0 radical (unpaired) electrons. The minimum Gasteiger partial charge on any atom is -0.454 e. The van der Waals surface area contributed by atoms with Gasteiger partial charge in [-0.1, -0.05) is 6.07 Å². The summed E-state index contributed by atoms with van der Waals surface area (Å²) in [6.45, 7) is 5.03. The molecule has 26 heavy (non-hydrogen) atoms. The number of nitrogens with zero attached hydrogens (tertiary/aromatic N) is 2. The van der Waals surface area contributed by atoms with E-state index in [0.717, 1.165) is 44.2 Å². The van der Waals surface area contributed by atoms with Gasteiger partial charge in [0.2, 0.25) is 6.79 Å². The number of ketones is 1. The van der Waals surface area contributed by atoms with E-state index < -0.39 is 0 Å². The summed E-state index contributed by atoms with van der Waals surface area (Å²) in [6.07, 6.45) is 0. The highest BCUT2D eigenvalue weighted by atomic mass is 19.1. The molecule has 4 rings (SSSR count). The highest BCUT2D eigenvalue weighted by Gasteiger charge is 2.20. The predicted octanol–water partition coefficient (Wildman–Crippen LogP) is 2.55. The van der Waals surface area contributed by atoms with Crippen molar-refractivity contribution in [2.24, 2.45) is 0 Å². The maximum absolute atomic E-state index is 13.0. The van der Waals surface area contributed by atoms with Gasteiger partial charge in [-0.05, 0) is 42.0 Å². The van der Waals surface area contributed by atoms with Gasteiger partial charge in [-0.2, -0.15) is 0 Å².